The van der Waals surface area contributed by atoms with E-state index < -0.39 is 53.7 Å². The van der Waals surface area contributed by atoms with Gasteiger partial charge in [-0.2, -0.15) is 0 Å². The van der Waals surface area contributed by atoms with Gasteiger partial charge in [0.05, 0.1) is 23.6 Å². The maximum atomic E-state index is 12.4. The van der Waals surface area contributed by atoms with Crippen molar-refractivity contribution in [2.75, 3.05) is 18.4 Å². The molecule has 37 heavy (non-hydrogen) atoms. The molecule has 0 radical (unpaired) electrons. The molecule has 1 aromatic carbocycles. The van der Waals surface area contributed by atoms with Gasteiger partial charge < -0.3 is 36.8 Å². The van der Waals surface area contributed by atoms with Crippen molar-refractivity contribution in [3.05, 3.63) is 33.9 Å². The molecule has 0 aromatic heterocycles. The quantitative estimate of drug-likeness (QED) is 0.194. The Balaban J connectivity index is 0.00000161. The van der Waals surface area contributed by atoms with Crippen LogP contribution in [0.1, 0.15) is 53.5 Å². The molecular weight excluding hydrogens is 488 g/mol. The normalized spacial score (nSPS) is 11.4. The molecule has 0 fully saturated rings. The Hall–Kier alpha value is -3.94. The van der Waals surface area contributed by atoms with Gasteiger partial charge in [-0.05, 0) is 45.2 Å². The number of rotatable bonds is 10. The van der Waals surface area contributed by atoms with E-state index in [1.807, 2.05) is 6.92 Å². The molecule has 208 valence electrons. The van der Waals surface area contributed by atoms with Crippen LogP contribution in [-0.2, 0) is 20.9 Å². The number of ether oxygens (including phenoxy) is 1. The Morgan fingerprint density at radius 1 is 1.16 bits per heavy atom. The Bertz CT molecular complexity index is 946. The summed E-state index contributed by atoms with van der Waals surface area (Å²) in [7, 11) is 0. The summed E-state index contributed by atoms with van der Waals surface area (Å²) >= 11 is 0. The van der Waals surface area contributed by atoms with Crippen molar-refractivity contribution in [2.24, 2.45) is 11.7 Å². The second-order valence-electron chi connectivity index (χ2n) is 9.18. The van der Waals surface area contributed by atoms with E-state index in [1.54, 1.807) is 34.6 Å². The van der Waals surface area contributed by atoms with Gasteiger partial charge in [-0.3, -0.25) is 19.7 Å². The minimum absolute atomic E-state index is 0.110. The highest BCUT2D eigenvalue weighted by molar-refractivity contribution is 5.96. The maximum Gasteiger partial charge on any atom is 0.408 e. The Labute approximate surface area is 215 Å². The zero-order valence-electron chi connectivity index (χ0n) is 22.0. The lowest BCUT2D eigenvalue weighted by Crippen LogP contribution is -2.52. The SMILES string of the molecule is CC(C)C(NC(=O)OC(C)(C)C)C(=O)NCC(=O)Nc1ccc(CO)c([N+](=O)[O-])c1.CCCNC(N)=O. The third-order valence-corrected chi connectivity index (χ3v) is 4.33. The van der Waals surface area contributed by atoms with E-state index in [2.05, 4.69) is 21.3 Å². The van der Waals surface area contributed by atoms with Crippen molar-refractivity contribution >= 4 is 35.3 Å². The molecule has 1 unspecified atom stereocenters. The molecule has 14 heteroatoms. The summed E-state index contributed by atoms with van der Waals surface area (Å²) in [6.45, 7) is 10.3. The molecule has 5 amide bonds. The van der Waals surface area contributed by atoms with Crippen LogP contribution in [0.3, 0.4) is 0 Å². The van der Waals surface area contributed by atoms with E-state index >= 15 is 0 Å². The van der Waals surface area contributed by atoms with E-state index in [0.717, 1.165) is 12.5 Å². The van der Waals surface area contributed by atoms with Gasteiger partial charge in [0, 0.05) is 18.3 Å². The van der Waals surface area contributed by atoms with Crippen molar-refractivity contribution in [1.82, 2.24) is 16.0 Å². The lowest BCUT2D eigenvalue weighted by Gasteiger charge is -2.25. The van der Waals surface area contributed by atoms with Gasteiger partial charge in [0.2, 0.25) is 11.8 Å². The highest BCUT2D eigenvalue weighted by Gasteiger charge is 2.27. The highest BCUT2D eigenvalue weighted by atomic mass is 16.6. The van der Waals surface area contributed by atoms with Crippen LogP contribution in [0.5, 0.6) is 0 Å². The summed E-state index contributed by atoms with van der Waals surface area (Å²) in [5.41, 5.74) is 3.92. The zero-order chi connectivity index (χ0) is 28.8. The number of nitrogens with one attached hydrogen (secondary N) is 4. The van der Waals surface area contributed by atoms with Gasteiger partial charge in [-0.25, -0.2) is 9.59 Å². The molecule has 0 aliphatic heterocycles. The van der Waals surface area contributed by atoms with Crippen LogP contribution >= 0.6 is 0 Å². The number of aliphatic hydroxyl groups is 1. The lowest BCUT2D eigenvalue weighted by atomic mass is 10.0. The molecule has 1 rings (SSSR count). The molecular formula is C23H38N6O8. The topological polar surface area (TPSA) is 215 Å². The molecule has 0 aliphatic rings. The number of urea groups is 1. The first kappa shape index (κ1) is 33.1. The third-order valence-electron chi connectivity index (χ3n) is 4.33. The van der Waals surface area contributed by atoms with Gasteiger partial charge in [0.1, 0.15) is 11.6 Å². The van der Waals surface area contributed by atoms with Gasteiger partial charge >= 0.3 is 12.1 Å². The molecule has 0 aliphatic carbocycles. The van der Waals surface area contributed by atoms with Crippen LogP contribution < -0.4 is 27.0 Å². The number of primary amides is 1. The largest absolute Gasteiger partial charge is 0.444 e. The number of anilines is 1. The number of hydrogen-bond donors (Lipinski definition) is 6. The van der Waals surface area contributed by atoms with Crippen molar-refractivity contribution in [2.45, 2.75) is 66.2 Å². The second-order valence-corrected chi connectivity index (χ2v) is 9.18. The first-order valence-corrected chi connectivity index (χ1v) is 11.6. The number of carbonyl (C=O) groups is 4. The Morgan fingerprint density at radius 2 is 1.78 bits per heavy atom. The molecule has 7 N–H and O–H groups in total. The fraction of sp³-hybridized carbons (Fsp3) is 0.565. The second kappa shape index (κ2) is 15.9. The lowest BCUT2D eigenvalue weighted by molar-refractivity contribution is -0.385. The predicted octanol–water partition coefficient (Wildman–Crippen LogP) is 1.76. The van der Waals surface area contributed by atoms with E-state index in [4.69, 9.17) is 15.6 Å². The minimum Gasteiger partial charge on any atom is -0.444 e. The molecule has 0 heterocycles. The standard InChI is InChI=1S/C19H28N4O7.C4H10N2O/c1-11(2)16(22-18(27)30-19(3,4)5)17(26)20-9-15(25)21-13-7-6-12(10-24)14(8-13)23(28)29;1-2-3-6-4(5)7/h6-8,11,16,24H,9-10H2,1-5H3,(H,20,26)(H,21,25)(H,22,27);2-3H2,1H3,(H3,5,6,7). The molecule has 0 saturated carbocycles. The van der Waals surface area contributed by atoms with Gasteiger partial charge in [-0.15, -0.1) is 0 Å². The molecule has 1 aromatic rings. The maximum absolute atomic E-state index is 12.4. The zero-order valence-corrected chi connectivity index (χ0v) is 22.0. The molecule has 1 atom stereocenters. The van der Waals surface area contributed by atoms with Crippen LogP contribution in [0.4, 0.5) is 21.0 Å². The van der Waals surface area contributed by atoms with Crippen LogP contribution in [0.15, 0.2) is 18.2 Å². The smallest absolute Gasteiger partial charge is 0.408 e. The number of alkyl carbamates (subject to hydrolysis) is 1. The van der Waals surface area contributed by atoms with Crippen LogP contribution in [0, 0.1) is 16.0 Å². The number of nitrogens with zero attached hydrogens (tertiary/aromatic N) is 1. The number of nitro groups is 1. The molecule has 0 bridgehead atoms. The first-order valence-electron chi connectivity index (χ1n) is 11.6. The summed E-state index contributed by atoms with van der Waals surface area (Å²) in [4.78, 5) is 56.6. The summed E-state index contributed by atoms with van der Waals surface area (Å²) in [6, 6.07) is 2.48. The van der Waals surface area contributed by atoms with Crippen molar-refractivity contribution in [3.63, 3.8) is 0 Å². The molecule has 14 nitrogen and oxygen atoms in total. The Kier molecular flexibility index (Phi) is 14.2. The monoisotopic (exact) mass is 526 g/mol. The number of aliphatic hydroxyl groups excluding tert-OH is 1. The summed E-state index contributed by atoms with van der Waals surface area (Å²) < 4.78 is 5.14. The fourth-order valence-electron chi connectivity index (χ4n) is 2.65. The van der Waals surface area contributed by atoms with E-state index in [-0.39, 0.29) is 22.9 Å². The Morgan fingerprint density at radius 3 is 2.22 bits per heavy atom. The average molecular weight is 527 g/mol. The third kappa shape index (κ3) is 14.3. The van der Waals surface area contributed by atoms with Gasteiger partial charge in [0.25, 0.3) is 5.69 Å². The van der Waals surface area contributed by atoms with Crippen molar-refractivity contribution in [3.8, 4) is 0 Å². The van der Waals surface area contributed by atoms with Gasteiger partial charge in [-0.1, -0.05) is 20.8 Å². The van der Waals surface area contributed by atoms with Crippen LogP contribution in [0.2, 0.25) is 0 Å². The predicted molar refractivity (Wildman–Crippen MR) is 137 cm³/mol. The summed E-state index contributed by atoms with van der Waals surface area (Å²) in [5, 5.41) is 29.9. The number of amides is 5. The van der Waals surface area contributed by atoms with Crippen LogP contribution in [0.25, 0.3) is 0 Å². The van der Waals surface area contributed by atoms with E-state index in [9.17, 15) is 29.3 Å². The summed E-state index contributed by atoms with van der Waals surface area (Å²) in [6.07, 6.45) is 0.181. The molecule has 0 saturated heterocycles. The summed E-state index contributed by atoms with van der Waals surface area (Å²) in [5.74, 6) is -1.46. The van der Waals surface area contributed by atoms with Crippen molar-refractivity contribution < 1.29 is 33.9 Å². The number of carbonyl (C=O) groups excluding carboxylic acids is 4. The number of nitro benzene ring substituents is 1. The molecule has 0 spiro atoms. The number of hydrogen-bond acceptors (Lipinski definition) is 8. The number of nitrogens with two attached hydrogens (primary N) is 1. The van der Waals surface area contributed by atoms with E-state index in [0.29, 0.717) is 6.54 Å². The minimum atomic E-state index is -0.919. The highest BCUT2D eigenvalue weighted by Crippen LogP contribution is 2.23. The fourth-order valence-corrected chi connectivity index (χ4v) is 2.65. The first-order chi connectivity index (χ1) is 17.1. The van der Waals surface area contributed by atoms with E-state index in [1.165, 1.54) is 12.1 Å². The van der Waals surface area contributed by atoms with Crippen LogP contribution in [-0.4, -0.2) is 58.7 Å². The van der Waals surface area contributed by atoms with Gasteiger partial charge in [0.15, 0.2) is 0 Å². The van der Waals surface area contributed by atoms with Crippen molar-refractivity contribution in [1.29, 1.82) is 0 Å². The number of benzene rings is 1. The average Bonchev–Trinajstić information content (AvgIpc) is 2.78.